The van der Waals surface area contributed by atoms with E-state index in [-0.39, 0.29) is 25.7 Å². The smallest absolute Gasteiger partial charge is 0.341 e. The number of hydrogen-bond acceptors (Lipinski definition) is 4. The largest absolute Gasteiger partial charge is 0.477 e. The van der Waals surface area contributed by atoms with Crippen LogP contribution in [0.4, 0.5) is 23.2 Å². The molecule has 0 bridgehead atoms. The van der Waals surface area contributed by atoms with Gasteiger partial charge in [0.1, 0.15) is 17.9 Å². The Bertz CT molecular complexity index is 1040. The molecule has 1 unspecified atom stereocenters. The summed E-state index contributed by atoms with van der Waals surface area (Å²) in [5.74, 6) is -5.91. The first-order chi connectivity index (χ1) is 13.3. The third-order valence-electron chi connectivity index (χ3n) is 5.20. The third-order valence-corrected chi connectivity index (χ3v) is 5.20. The highest BCUT2D eigenvalue weighted by Gasteiger charge is 2.34. The minimum atomic E-state index is -1.60. The molecule has 6 nitrogen and oxygen atoms in total. The van der Waals surface area contributed by atoms with Gasteiger partial charge in [-0.1, -0.05) is 0 Å². The summed E-state index contributed by atoms with van der Waals surface area (Å²) in [7, 11) is 0. The molecule has 0 radical (unpaired) electrons. The van der Waals surface area contributed by atoms with Gasteiger partial charge in [-0.2, -0.15) is 0 Å². The third kappa shape index (κ3) is 2.83. The standard InChI is InChI=1S/C18H17F4N3O3/c19-5-8-6-24(4-3-23-8)16-13(21)12(20)11-15(14(16)22)25(9-1-2-9)7-10(17(11)26)18(27)28/h7-9,23H,1-6H2,(H,27,28). The van der Waals surface area contributed by atoms with Crippen LogP contribution in [0.2, 0.25) is 0 Å². The number of nitrogens with zero attached hydrogens (tertiary/aromatic N) is 2. The number of carbonyl (C=O) groups is 1. The molecule has 1 aromatic heterocycles. The maximum atomic E-state index is 15.4. The maximum Gasteiger partial charge on any atom is 0.341 e. The van der Waals surface area contributed by atoms with Crippen molar-refractivity contribution in [2.24, 2.45) is 0 Å². The van der Waals surface area contributed by atoms with E-state index in [0.717, 1.165) is 6.20 Å². The number of aromatic carboxylic acids is 1. The van der Waals surface area contributed by atoms with Crippen molar-refractivity contribution in [2.75, 3.05) is 31.2 Å². The lowest BCUT2D eigenvalue weighted by molar-refractivity contribution is 0.0694. The minimum Gasteiger partial charge on any atom is -0.477 e. The van der Waals surface area contributed by atoms with Crippen LogP contribution in [0.3, 0.4) is 0 Å². The summed E-state index contributed by atoms with van der Waals surface area (Å²) in [5.41, 5.74) is -3.14. The Balaban J connectivity index is 2.02. The molecule has 2 heterocycles. The van der Waals surface area contributed by atoms with Crippen molar-refractivity contribution in [3.63, 3.8) is 0 Å². The van der Waals surface area contributed by atoms with Gasteiger partial charge in [-0.3, -0.25) is 4.79 Å². The molecule has 4 rings (SSSR count). The molecule has 2 aliphatic rings. The second-order valence-electron chi connectivity index (χ2n) is 7.08. The number of hydrogen-bond donors (Lipinski definition) is 2. The van der Waals surface area contributed by atoms with Crippen molar-refractivity contribution in [2.45, 2.75) is 24.9 Å². The van der Waals surface area contributed by atoms with Crippen LogP contribution in [-0.4, -0.2) is 48.0 Å². The topological polar surface area (TPSA) is 74.6 Å². The van der Waals surface area contributed by atoms with Gasteiger partial charge in [0.05, 0.1) is 16.9 Å². The van der Waals surface area contributed by atoms with E-state index in [2.05, 4.69) is 5.32 Å². The molecule has 1 saturated heterocycles. The highest BCUT2D eigenvalue weighted by molar-refractivity contribution is 5.94. The van der Waals surface area contributed by atoms with E-state index < -0.39 is 63.7 Å². The number of nitrogens with one attached hydrogen (secondary N) is 1. The van der Waals surface area contributed by atoms with Crippen molar-refractivity contribution in [1.82, 2.24) is 9.88 Å². The molecule has 2 N–H and O–H groups in total. The van der Waals surface area contributed by atoms with E-state index in [1.54, 1.807) is 0 Å². The number of fused-ring (bicyclic) bond motifs is 1. The molecular formula is C18H17F4N3O3. The van der Waals surface area contributed by atoms with Crippen LogP contribution in [0.1, 0.15) is 29.2 Å². The number of piperazine rings is 1. The molecule has 1 aliphatic carbocycles. The molecule has 2 fully saturated rings. The van der Waals surface area contributed by atoms with E-state index in [4.69, 9.17) is 0 Å². The zero-order chi connectivity index (χ0) is 20.2. The van der Waals surface area contributed by atoms with Crippen molar-refractivity contribution >= 4 is 22.6 Å². The quantitative estimate of drug-likeness (QED) is 0.609. The van der Waals surface area contributed by atoms with E-state index in [1.807, 2.05) is 0 Å². The Labute approximate surface area is 156 Å². The van der Waals surface area contributed by atoms with Gasteiger partial charge in [0.2, 0.25) is 5.43 Å². The summed E-state index contributed by atoms with van der Waals surface area (Å²) in [5, 5.41) is 11.2. The predicted octanol–water partition coefficient (Wildman–Crippen LogP) is 2.20. The first-order valence-corrected chi connectivity index (χ1v) is 8.88. The van der Waals surface area contributed by atoms with E-state index in [0.29, 0.717) is 12.8 Å². The summed E-state index contributed by atoms with van der Waals surface area (Å²) in [6.07, 6.45) is 2.18. The van der Waals surface area contributed by atoms with Crippen molar-refractivity contribution in [3.05, 3.63) is 39.4 Å². The number of anilines is 1. The summed E-state index contributed by atoms with van der Waals surface area (Å²) in [4.78, 5) is 25.0. The average Bonchev–Trinajstić information content (AvgIpc) is 3.51. The Morgan fingerprint density at radius 2 is 1.93 bits per heavy atom. The number of carboxylic acid groups (broad SMARTS) is 1. The maximum absolute atomic E-state index is 15.4. The lowest BCUT2D eigenvalue weighted by atomic mass is 10.1. The molecule has 0 amide bonds. The van der Waals surface area contributed by atoms with Crippen molar-refractivity contribution in [3.8, 4) is 0 Å². The van der Waals surface area contributed by atoms with Crippen LogP contribution < -0.4 is 15.6 Å². The van der Waals surface area contributed by atoms with Gasteiger partial charge in [-0.05, 0) is 12.8 Å². The Morgan fingerprint density at radius 1 is 1.21 bits per heavy atom. The molecule has 150 valence electrons. The van der Waals surface area contributed by atoms with E-state index in [9.17, 15) is 27.9 Å². The molecule has 1 aromatic carbocycles. The van der Waals surface area contributed by atoms with Crippen LogP contribution in [0.5, 0.6) is 0 Å². The molecule has 28 heavy (non-hydrogen) atoms. The zero-order valence-corrected chi connectivity index (χ0v) is 14.6. The molecular weight excluding hydrogens is 382 g/mol. The summed E-state index contributed by atoms with van der Waals surface area (Å²) >= 11 is 0. The zero-order valence-electron chi connectivity index (χ0n) is 14.6. The number of pyridine rings is 1. The fourth-order valence-electron chi connectivity index (χ4n) is 3.69. The van der Waals surface area contributed by atoms with Gasteiger partial charge < -0.3 is 19.9 Å². The summed E-state index contributed by atoms with van der Waals surface area (Å²) in [6, 6.07) is -0.957. The van der Waals surface area contributed by atoms with Gasteiger partial charge in [0.15, 0.2) is 17.5 Å². The number of carboxylic acids is 1. The van der Waals surface area contributed by atoms with Crippen LogP contribution >= 0.6 is 0 Å². The predicted molar refractivity (Wildman–Crippen MR) is 93.3 cm³/mol. The van der Waals surface area contributed by atoms with Crippen LogP contribution in [0, 0.1) is 17.5 Å². The molecule has 0 spiro atoms. The van der Waals surface area contributed by atoms with Crippen molar-refractivity contribution < 1.29 is 27.5 Å². The van der Waals surface area contributed by atoms with Gasteiger partial charge in [0, 0.05) is 31.9 Å². The van der Waals surface area contributed by atoms with Crippen LogP contribution in [0.25, 0.3) is 10.9 Å². The normalized spacial score (nSPS) is 20.0. The number of rotatable bonds is 4. The average molecular weight is 399 g/mol. The van der Waals surface area contributed by atoms with Gasteiger partial charge in [-0.15, -0.1) is 0 Å². The van der Waals surface area contributed by atoms with Gasteiger partial charge >= 0.3 is 5.97 Å². The van der Waals surface area contributed by atoms with Gasteiger partial charge in [0.25, 0.3) is 0 Å². The number of alkyl halides is 1. The molecule has 1 atom stereocenters. The fourth-order valence-corrected chi connectivity index (χ4v) is 3.69. The molecule has 10 heteroatoms. The SMILES string of the molecule is O=C(O)c1cn(C2CC2)c2c(F)c(N3CCNC(CF)C3)c(F)c(F)c2c1=O. The number of benzene rings is 1. The Hall–Kier alpha value is -2.62. The lowest BCUT2D eigenvalue weighted by Crippen LogP contribution is -2.52. The molecule has 1 saturated carbocycles. The highest BCUT2D eigenvalue weighted by atomic mass is 19.2. The monoisotopic (exact) mass is 399 g/mol. The first kappa shape index (κ1) is 18.7. The van der Waals surface area contributed by atoms with E-state index in [1.165, 1.54) is 9.47 Å². The fraction of sp³-hybridized carbons (Fsp3) is 0.444. The summed E-state index contributed by atoms with van der Waals surface area (Å²) in [6.45, 7) is -0.461. The number of halogens is 4. The molecule has 2 aromatic rings. The van der Waals surface area contributed by atoms with Crippen molar-refractivity contribution in [1.29, 1.82) is 0 Å². The van der Waals surface area contributed by atoms with Crippen LogP contribution in [0.15, 0.2) is 11.0 Å². The van der Waals surface area contributed by atoms with Crippen LogP contribution in [-0.2, 0) is 0 Å². The highest BCUT2D eigenvalue weighted by Crippen LogP contribution is 2.40. The molecule has 1 aliphatic heterocycles. The van der Waals surface area contributed by atoms with Gasteiger partial charge in [-0.25, -0.2) is 22.4 Å². The second-order valence-corrected chi connectivity index (χ2v) is 7.08. The lowest BCUT2D eigenvalue weighted by Gasteiger charge is -2.34. The Morgan fingerprint density at radius 3 is 2.54 bits per heavy atom. The summed E-state index contributed by atoms with van der Waals surface area (Å²) < 4.78 is 59.3. The number of aromatic nitrogens is 1. The minimum absolute atomic E-state index is 0.0733. The second kappa shape index (κ2) is 6.77. The Kier molecular flexibility index (Phi) is 4.53. The van der Waals surface area contributed by atoms with E-state index >= 15 is 4.39 Å². The first-order valence-electron chi connectivity index (χ1n) is 8.88.